The minimum atomic E-state index is -3.68. The van der Waals surface area contributed by atoms with Crippen molar-refractivity contribution in [1.82, 2.24) is 9.62 Å². The Balaban J connectivity index is 1.21. The summed E-state index contributed by atoms with van der Waals surface area (Å²) in [5.74, 6) is 0.0584. The third-order valence-corrected chi connectivity index (χ3v) is 10.8. The molecule has 1 aliphatic rings. The third-order valence-electron chi connectivity index (χ3n) is 9.37. The maximum atomic E-state index is 12.9. The lowest BCUT2D eigenvalue weighted by atomic mass is 9.90. The van der Waals surface area contributed by atoms with Gasteiger partial charge in [0.05, 0.1) is 29.8 Å². The number of phenols is 1. The fraction of sp³-hybridized carbons (Fsp3) is 0.268. The van der Waals surface area contributed by atoms with Crippen LogP contribution in [0.3, 0.4) is 0 Å². The average molecular weight is 709 g/mol. The molecule has 51 heavy (non-hydrogen) atoms. The molecule has 0 unspecified atom stereocenters. The Labute approximate surface area is 299 Å². The van der Waals surface area contributed by atoms with Crippen LogP contribution in [0.5, 0.6) is 5.75 Å². The SMILES string of the molecule is C[C@H]1[C@@H](CN(C)C[C@@H](O)c2cccc(O)c2)O[C@@H](c2ccc(-c3ccccc3CNS(=O)(=O)c3ccccc3)cc2)O[C@H]1c1ccc(CO)cc1. The Morgan fingerprint density at radius 2 is 1.51 bits per heavy atom. The highest BCUT2D eigenvalue weighted by Gasteiger charge is 2.39. The molecule has 10 heteroatoms. The first kappa shape index (κ1) is 36.4. The smallest absolute Gasteiger partial charge is 0.240 e. The van der Waals surface area contributed by atoms with Gasteiger partial charge in [0.25, 0.3) is 0 Å². The molecule has 5 aromatic carbocycles. The quantitative estimate of drug-likeness (QED) is 0.109. The second kappa shape index (κ2) is 16.3. The lowest BCUT2D eigenvalue weighted by Crippen LogP contribution is -2.44. The van der Waals surface area contributed by atoms with E-state index in [0.717, 1.165) is 33.4 Å². The van der Waals surface area contributed by atoms with Crippen LogP contribution < -0.4 is 4.72 Å². The van der Waals surface area contributed by atoms with E-state index in [-0.39, 0.29) is 41.9 Å². The topological polar surface area (TPSA) is 129 Å². The second-order valence-electron chi connectivity index (χ2n) is 13.1. The predicted octanol–water partition coefficient (Wildman–Crippen LogP) is 6.49. The van der Waals surface area contributed by atoms with Crippen molar-refractivity contribution < 1.29 is 33.2 Å². The van der Waals surface area contributed by atoms with Crippen molar-refractivity contribution in [2.45, 2.75) is 49.6 Å². The van der Waals surface area contributed by atoms with Gasteiger partial charge in [0, 0.05) is 31.1 Å². The van der Waals surface area contributed by atoms with Gasteiger partial charge < -0.3 is 29.7 Å². The maximum absolute atomic E-state index is 12.9. The van der Waals surface area contributed by atoms with E-state index in [2.05, 4.69) is 11.6 Å². The molecule has 0 amide bonds. The highest BCUT2D eigenvalue weighted by Crippen LogP contribution is 2.42. The number of phenolic OH excluding ortho intramolecular Hbond substituents is 1. The van der Waals surface area contributed by atoms with Crippen LogP contribution in [0.1, 0.15) is 53.2 Å². The van der Waals surface area contributed by atoms with E-state index in [1.165, 1.54) is 0 Å². The van der Waals surface area contributed by atoms with Crippen LogP contribution in [0, 0.1) is 5.92 Å². The normalized spacial score (nSPS) is 19.9. The highest BCUT2D eigenvalue weighted by atomic mass is 32.2. The molecule has 9 nitrogen and oxygen atoms in total. The van der Waals surface area contributed by atoms with E-state index < -0.39 is 22.4 Å². The molecular weight excluding hydrogens is 665 g/mol. The molecule has 1 saturated heterocycles. The van der Waals surface area contributed by atoms with Crippen molar-refractivity contribution in [3.63, 3.8) is 0 Å². The van der Waals surface area contributed by atoms with E-state index in [0.29, 0.717) is 18.7 Å². The first-order valence-corrected chi connectivity index (χ1v) is 18.5. The van der Waals surface area contributed by atoms with Crippen LogP contribution in [-0.4, -0.2) is 54.9 Å². The molecule has 5 atom stereocenters. The number of nitrogens with zero attached hydrogens (tertiary/aromatic N) is 1. The van der Waals surface area contributed by atoms with Crippen LogP contribution in [0.2, 0.25) is 0 Å². The van der Waals surface area contributed by atoms with Crippen LogP contribution in [0.4, 0.5) is 0 Å². The van der Waals surface area contributed by atoms with Crippen molar-refractivity contribution in [2.24, 2.45) is 5.92 Å². The number of rotatable bonds is 13. The molecule has 0 bridgehead atoms. The molecule has 0 aliphatic carbocycles. The molecule has 266 valence electrons. The molecule has 0 aromatic heterocycles. The zero-order valence-corrected chi connectivity index (χ0v) is 29.5. The molecule has 0 saturated carbocycles. The summed E-state index contributed by atoms with van der Waals surface area (Å²) < 4.78 is 41.8. The largest absolute Gasteiger partial charge is 0.508 e. The van der Waals surface area contributed by atoms with Crippen molar-refractivity contribution in [1.29, 1.82) is 0 Å². The first-order chi connectivity index (χ1) is 24.6. The monoisotopic (exact) mass is 708 g/mol. The van der Waals surface area contributed by atoms with Gasteiger partial charge in [-0.15, -0.1) is 0 Å². The summed E-state index contributed by atoms with van der Waals surface area (Å²) >= 11 is 0. The number of aliphatic hydroxyl groups excluding tert-OH is 2. The minimum Gasteiger partial charge on any atom is -0.508 e. The van der Waals surface area contributed by atoms with Crippen molar-refractivity contribution in [2.75, 3.05) is 20.1 Å². The van der Waals surface area contributed by atoms with Gasteiger partial charge in [0.15, 0.2) is 6.29 Å². The van der Waals surface area contributed by atoms with E-state index in [4.69, 9.17) is 9.47 Å². The number of ether oxygens (including phenoxy) is 2. The number of aliphatic hydroxyl groups is 2. The summed E-state index contributed by atoms with van der Waals surface area (Å²) in [6.07, 6.45) is -2.03. The second-order valence-corrected chi connectivity index (χ2v) is 14.8. The van der Waals surface area contributed by atoms with E-state index in [1.807, 2.05) is 84.7 Å². The number of sulfonamides is 1. The molecule has 1 heterocycles. The summed E-state index contributed by atoms with van der Waals surface area (Å²) in [4.78, 5) is 2.24. The summed E-state index contributed by atoms with van der Waals surface area (Å²) in [6.45, 7) is 3.04. The van der Waals surface area contributed by atoms with Gasteiger partial charge in [-0.1, -0.05) is 110 Å². The number of hydrogen-bond acceptors (Lipinski definition) is 8. The molecule has 5 aromatic rings. The molecule has 6 rings (SSSR count). The van der Waals surface area contributed by atoms with Crippen LogP contribution in [-0.2, 0) is 32.6 Å². The minimum absolute atomic E-state index is 0.0452. The van der Waals surface area contributed by atoms with Crippen LogP contribution in [0.15, 0.2) is 132 Å². The Morgan fingerprint density at radius 1 is 0.824 bits per heavy atom. The van der Waals surface area contributed by atoms with E-state index in [9.17, 15) is 23.7 Å². The molecule has 1 aliphatic heterocycles. The van der Waals surface area contributed by atoms with Crippen molar-refractivity contribution in [3.8, 4) is 16.9 Å². The van der Waals surface area contributed by atoms with Gasteiger partial charge in [-0.25, -0.2) is 13.1 Å². The fourth-order valence-electron chi connectivity index (χ4n) is 6.47. The predicted molar refractivity (Wildman–Crippen MR) is 196 cm³/mol. The van der Waals surface area contributed by atoms with Gasteiger partial charge in [-0.3, -0.25) is 0 Å². The molecular formula is C41H44N2O7S. The molecule has 4 N–H and O–H groups in total. The van der Waals surface area contributed by atoms with Gasteiger partial charge in [-0.2, -0.15) is 0 Å². The lowest BCUT2D eigenvalue weighted by Gasteiger charge is -2.42. The van der Waals surface area contributed by atoms with Crippen LogP contribution in [0.25, 0.3) is 11.1 Å². The number of likely N-dealkylation sites (N-methyl/N-ethyl adjacent to an activating group) is 1. The third kappa shape index (κ3) is 8.92. The number of aromatic hydroxyl groups is 1. The summed E-state index contributed by atoms with van der Waals surface area (Å²) in [6, 6.07) is 38.3. The fourth-order valence-corrected chi connectivity index (χ4v) is 7.50. The van der Waals surface area contributed by atoms with Gasteiger partial charge in [0.2, 0.25) is 10.0 Å². The average Bonchev–Trinajstić information content (AvgIpc) is 3.15. The van der Waals surface area contributed by atoms with Gasteiger partial charge in [0.1, 0.15) is 5.75 Å². The number of benzene rings is 5. The van der Waals surface area contributed by atoms with E-state index >= 15 is 0 Å². The summed E-state index contributed by atoms with van der Waals surface area (Å²) in [5, 5.41) is 30.4. The summed E-state index contributed by atoms with van der Waals surface area (Å²) in [5.41, 5.74) is 5.93. The summed E-state index contributed by atoms with van der Waals surface area (Å²) in [7, 11) is -1.74. The molecule has 0 spiro atoms. The Morgan fingerprint density at radius 3 is 2.22 bits per heavy atom. The zero-order chi connectivity index (χ0) is 36.0. The van der Waals surface area contributed by atoms with E-state index in [1.54, 1.807) is 54.6 Å². The molecule has 0 radical (unpaired) electrons. The van der Waals surface area contributed by atoms with Gasteiger partial charge in [-0.05, 0) is 64.7 Å². The zero-order valence-electron chi connectivity index (χ0n) is 28.7. The Kier molecular flexibility index (Phi) is 11.6. The Hall–Kier alpha value is -4.39. The Bertz CT molecular complexity index is 1990. The number of nitrogens with one attached hydrogen (secondary N) is 1. The first-order valence-electron chi connectivity index (χ1n) is 17.0. The van der Waals surface area contributed by atoms with Crippen LogP contribution >= 0.6 is 0 Å². The lowest BCUT2D eigenvalue weighted by molar-refractivity contribution is -0.276. The molecule has 1 fully saturated rings. The van der Waals surface area contributed by atoms with Gasteiger partial charge >= 0.3 is 0 Å². The standard InChI is InChI=1S/C41H44N2O7S/c1-28-39(26-43(2)25-38(46)33-10-8-11-35(45)23-33)49-41(50-40(28)31-17-15-29(27-44)16-18-31)32-21-19-30(20-22-32)37-14-7-6-9-34(37)24-42-51(47,48)36-12-4-3-5-13-36/h3-23,28,38-42,44-46H,24-27H2,1-2H3/t28-,38+,39+,40+,41+/m0/s1. The maximum Gasteiger partial charge on any atom is 0.240 e. The van der Waals surface area contributed by atoms with Crippen molar-refractivity contribution in [3.05, 3.63) is 155 Å². The van der Waals surface area contributed by atoms with Crippen molar-refractivity contribution >= 4 is 10.0 Å². The number of hydrogen-bond donors (Lipinski definition) is 4. The highest BCUT2D eigenvalue weighted by molar-refractivity contribution is 7.89.